The third-order valence-electron chi connectivity index (χ3n) is 5.03. The number of ether oxygens (including phenoxy) is 1. The zero-order valence-electron chi connectivity index (χ0n) is 16.1. The molecule has 0 atom stereocenters. The van der Waals surface area contributed by atoms with E-state index in [1.165, 1.54) is 6.92 Å². The van der Waals surface area contributed by atoms with E-state index in [9.17, 15) is 14.4 Å². The fraction of sp³-hybridized carbons (Fsp3) is 0.318. The van der Waals surface area contributed by atoms with Crippen molar-refractivity contribution in [2.75, 3.05) is 19.0 Å². The molecule has 2 aromatic rings. The van der Waals surface area contributed by atoms with Crippen LogP contribution in [0.3, 0.4) is 0 Å². The SMILES string of the molecule is COc1ccc(CCNC(=O)C2(C(=O)Nc3ccc(C(C)=O)cc3)CC2)cc1. The zero-order chi connectivity index (χ0) is 20.1. The molecule has 6 nitrogen and oxygen atoms in total. The zero-order valence-corrected chi connectivity index (χ0v) is 16.1. The van der Waals surface area contributed by atoms with Crippen molar-refractivity contribution >= 4 is 23.3 Å². The van der Waals surface area contributed by atoms with Crippen LogP contribution in [0, 0.1) is 5.41 Å². The summed E-state index contributed by atoms with van der Waals surface area (Å²) in [6.45, 7) is 1.95. The third kappa shape index (κ3) is 4.39. The summed E-state index contributed by atoms with van der Waals surface area (Å²) in [6, 6.07) is 14.3. The number of ketones is 1. The van der Waals surface area contributed by atoms with Gasteiger partial charge in [0.15, 0.2) is 5.78 Å². The van der Waals surface area contributed by atoms with Crippen LogP contribution in [0.4, 0.5) is 5.69 Å². The quantitative estimate of drug-likeness (QED) is 0.545. The largest absolute Gasteiger partial charge is 0.497 e. The van der Waals surface area contributed by atoms with Crippen molar-refractivity contribution in [3.8, 4) is 5.75 Å². The molecule has 0 aromatic heterocycles. The summed E-state index contributed by atoms with van der Waals surface area (Å²) in [5, 5.41) is 5.67. The van der Waals surface area contributed by atoms with Gasteiger partial charge in [-0.25, -0.2) is 0 Å². The van der Waals surface area contributed by atoms with Crippen LogP contribution in [0.5, 0.6) is 5.75 Å². The Labute approximate surface area is 164 Å². The minimum atomic E-state index is -0.987. The Bertz CT molecular complexity index is 868. The Kier molecular flexibility index (Phi) is 5.78. The maximum atomic E-state index is 12.6. The van der Waals surface area contributed by atoms with Crippen LogP contribution in [0.25, 0.3) is 0 Å². The molecule has 0 spiro atoms. The van der Waals surface area contributed by atoms with Gasteiger partial charge < -0.3 is 15.4 Å². The monoisotopic (exact) mass is 380 g/mol. The lowest BCUT2D eigenvalue weighted by Crippen LogP contribution is -2.40. The average Bonchev–Trinajstić information content (AvgIpc) is 3.51. The first kappa shape index (κ1) is 19.6. The number of hydrogen-bond donors (Lipinski definition) is 2. The van der Waals surface area contributed by atoms with Crippen molar-refractivity contribution < 1.29 is 19.1 Å². The van der Waals surface area contributed by atoms with E-state index in [1.807, 2.05) is 24.3 Å². The third-order valence-corrected chi connectivity index (χ3v) is 5.03. The minimum absolute atomic E-state index is 0.0345. The maximum absolute atomic E-state index is 12.6. The van der Waals surface area contributed by atoms with E-state index < -0.39 is 5.41 Å². The highest BCUT2D eigenvalue weighted by Gasteiger charge is 2.56. The van der Waals surface area contributed by atoms with Crippen LogP contribution in [0.1, 0.15) is 35.7 Å². The molecule has 0 aliphatic heterocycles. The number of nitrogens with one attached hydrogen (secondary N) is 2. The summed E-state index contributed by atoms with van der Waals surface area (Å²) in [7, 11) is 1.62. The fourth-order valence-corrected chi connectivity index (χ4v) is 3.00. The van der Waals surface area contributed by atoms with Gasteiger partial charge in [-0.2, -0.15) is 0 Å². The first-order chi connectivity index (χ1) is 13.4. The Morgan fingerprint density at radius 1 is 0.964 bits per heavy atom. The first-order valence-corrected chi connectivity index (χ1v) is 9.28. The van der Waals surface area contributed by atoms with Crippen LogP contribution in [0.15, 0.2) is 48.5 Å². The second-order valence-electron chi connectivity index (χ2n) is 7.02. The molecule has 2 aromatic carbocycles. The number of carbonyl (C=O) groups excluding carboxylic acids is 3. The molecular weight excluding hydrogens is 356 g/mol. The molecular formula is C22H24N2O4. The summed E-state index contributed by atoms with van der Waals surface area (Å²) in [6.07, 6.45) is 1.76. The number of benzene rings is 2. The highest BCUT2D eigenvalue weighted by atomic mass is 16.5. The van der Waals surface area contributed by atoms with Crippen LogP contribution in [-0.2, 0) is 16.0 Å². The summed E-state index contributed by atoms with van der Waals surface area (Å²) in [5.41, 5.74) is 1.25. The van der Waals surface area contributed by atoms with Gasteiger partial charge in [0.05, 0.1) is 7.11 Å². The van der Waals surface area contributed by atoms with E-state index in [2.05, 4.69) is 10.6 Å². The van der Waals surface area contributed by atoms with Gasteiger partial charge in [-0.1, -0.05) is 12.1 Å². The number of amides is 2. The number of hydrogen-bond acceptors (Lipinski definition) is 4. The molecule has 6 heteroatoms. The smallest absolute Gasteiger partial charge is 0.240 e. The van der Waals surface area contributed by atoms with E-state index in [-0.39, 0.29) is 17.6 Å². The Hall–Kier alpha value is -3.15. The molecule has 1 fully saturated rings. The lowest BCUT2D eigenvalue weighted by Gasteiger charge is -2.15. The van der Waals surface area contributed by atoms with Gasteiger partial charge in [0, 0.05) is 17.8 Å². The number of anilines is 1. The Morgan fingerprint density at radius 3 is 2.14 bits per heavy atom. The summed E-state index contributed by atoms with van der Waals surface area (Å²) >= 11 is 0. The van der Waals surface area contributed by atoms with Crippen molar-refractivity contribution in [3.63, 3.8) is 0 Å². The number of rotatable bonds is 8. The molecule has 2 amide bonds. The molecule has 0 saturated heterocycles. The molecule has 2 N–H and O–H groups in total. The topological polar surface area (TPSA) is 84.5 Å². The summed E-state index contributed by atoms with van der Waals surface area (Å²) < 4.78 is 5.13. The minimum Gasteiger partial charge on any atom is -0.497 e. The molecule has 0 radical (unpaired) electrons. The highest BCUT2D eigenvalue weighted by molar-refractivity contribution is 6.13. The number of Topliss-reactive ketones (excluding diaryl/α,β-unsaturated/α-hetero) is 1. The van der Waals surface area contributed by atoms with E-state index in [1.54, 1.807) is 31.4 Å². The van der Waals surface area contributed by atoms with Crippen molar-refractivity contribution in [3.05, 3.63) is 59.7 Å². The van der Waals surface area contributed by atoms with Gasteiger partial charge in [0.2, 0.25) is 11.8 Å². The van der Waals surface area contributed by atoms with Gasteiger partial charge in [-0.05, 0) is 68.1 Å². The Morgan fingerprint density at radius 2 is 1.61 bits per heavy atom. The van der Waals surface area contributed by atoms with Crippen molar-refractivity contribution in [1.82, 2.24) is 5.32 Å². The predicted octanol–water partition coefficient (Wildman–Crippen LogP) is 2.98. The molecule has 1 aliphatic rings. The van der Waals surface area contributed by atoms with Gasteiger partial charge in [-0.3, -0.25) is 14.4 Å². The molecule has 0 bridgehead atoms. The second kappa shape index (κ2) is 8.25. The average molecular weight is 380 g/mol. The lowest BCUT2D eigenvalue weighted by molar-refractivity contribution is -0.134. The van der Waals surface area contributed by atoms with E-state index >= 15 is 0 Å². The lowest BCUT2D eigenvalue weighted by atomic mass is 10.0. The van der Waals surface area contributed by atoms with Crippen molar-refractivity contribution in [1.29, 1.82) is 0 Å². The standard InChI is InChI=1S/C22H24N2O4/c1-15(25)17-5-7-18(8-6-17)24-21(27)22(12-13-22)20(26)23-14-11-16-3-9-19(28-2)10-4-16/h3-10H,11-14H2,1-2H3,(H,23,26)(H,24,27). The van der Waals surface area contributed by atoms with Crippen LogP contribution in [-0.4, -0.2) is 31.3 Å². The van der Waals surface area contributed by atoms with E-state index in [4.69, 9.17) is 4.74 Å². The van der Waals surface area contributed by atoms with Crippen LogP contribution in [0.2, 0.25) is 0 Å². The summed E-state index contributed by atoms with van der Waals surface area (Å²) in [4.78, 5) is 36.5. The van der Waals surface area contributed by atoms with Crippen LogP contribution < -0.4 is 15.4 Å². The summed E-state index contributed by atoms with van der Waals surface area (Å²) in [5.74, 6) is 0.217. The molecule has 0 unspecified atom stereocenters. The maximum Gasteiger partial charge on any atom is 0.240 e. The molecule has 146 valence electrons. The number of methoxy groups -OCH3 is 1. The molecule has 1 aliphatic carbocycles. The molecule has 28 heavy (non-hydrogen) atoms. The van der Waals surface area contributed by atoms with E-state index in [0.717, 1.165) is 11.3 Å². The molecule has 3 rings (SSSR count). The van der Waals surface area contributed by atoms with Crippen LogP contribution >= 0.6 is 0 Å². The van der Waals surface area contributed by atoms with E-state index in [0.29, 0.717) is 37.1 Å². The van der Waals surface area contributed by atoms with Crippen molar-refractivity contribution in [2.24, 2.45) is 5.41 Å². The van der Waals surface area contributed by atoms with Gasteiger partial charge in [-0.15, -0.1) is 0 Å². The second-order valence-corrected chi connectivity index (χ2v) is 7.02. The molecule has 1 saturated carbocycles. The Balaban J connectivity index is 1.52. The first-order valence-electron chi connectivity index (χ1n) is 9.28. The van der Waals surface area contributed by atoms with Crippen molar-refractivity contribution in [2.45, 2.75) is 26.2 Å². The highest BCUT2D eigenvalue weighted by Crippen LogP contribution is 2.46. The number of carbonyl (C=O) groups is 3. The van der Waals surface area contributed by atoms with Gasteiger partial charge >= 0.3 is 0 Å². The van der Waals surface area contributed by atoms with Gasteiger partial charge in [0.25, 0.3) is 0 Å². The normalized spacial score (nSPS) is 14.1. The van der Waals surface area contributed by atoms with Gasteiger partial charge in [0.1, 0.15) is 11.2 Å². The molecule has 0 heterocycles. The predicted molar refractivity (Wildman–Crippen MR) is 106 cm³/mol. The fourth-order valence-electron chi connectivity index (χ4n) is 3.00.